The molecule has 0 bridgehead atoms. The molecule has 5 heteroatoms. The third kappa shape index (κ3) is 3.04. The van der Waals surface area contributed by atoms with Crippen LogP contribution in [-0.2, 0) is 0 Å². The number of fused-ring (bicyclic) bond motifs is 1. The zero-order valence-corrected chi connectivity index (χ0v) is 13.5. The summed E-state index contributed by atoms with van der Waals surface area (Å²) in [4.78, 5) is 25.8. The van der Waals surface area contributed by atoms with Gasteiger partial charge in [-0.15, -0.1) is 0 Å². The van der Waals surface area contributed by atoms with Crippen molar-refractivity contribution in [3.8, 4) is 0 Å². The molecule has 1 aromatic rings. The molecule has 1 aliphatic carbocycles. The molecule has 0 unspecified atom stereocenters. The number of halogens is 1. The van der Waals surface area contributed by atoms with E-state index in [2.05, 4.69) is 21.2 Å². The number of nitrogens with one attached hydrogen (secondary N) is 1. The molecule has 1 aliphatic heterocycles. The van der Waals surface area contributed by atoms with Gasteiger partial charge in [0.05, 0.1) is 11.1 Å². The van der Waals surface area contributed by atoms with Gasteiger partial charge in [0.1, 0.15) is 0 Å². The quantitative estimate of drug-likeness (QED) is 0.656. The molecule has 4 nitrogen and oxygen atoms in total. The van der Waals surface area contributed by atoms with Crippen LogP contribution in [0.1, 0.15) is 46.4 Å². The van der Waals surface area contributed by atoms with E-state index in [0.29, 0.717) is 24.2 Å². The Morgan fingerprint density at radius 1 is 1.14 bits per heavy atom. The van der Waals surface area contributed by atoms with Crippen molar-refractivity contribution in [1.29, 1.82) is 0 Å². The molecule has 2 amide bonds. The molecule has 1 fully saturated rings. The first-order valence-electron chi connectivity index (χ1n) is 7.53. The molecular formula is C16H19BrN2O2. The highest BCUT2D eigenvalue weighted by Crippen LogP contribution is 2.26. The van der Waals surface area contributed by atoms with E-state index in [1.165, 1.54) is 30.6 Å². The van der Waals surface area contributed by atoms with Crippen molar-refractivity contribution >= 4 is 27.7 Å². The summed E-state index contributed by atoms with van der Waals surface area (Å²) < 4.78 is 0.823. The molecule has 0 aromatic heterocycles. The lowest BCUT2D eigenvalue weighted by atomic mass is 10.1. The summed E-state index contributed by atoms with van der Waals surface area (Å²) in [5.74, 6) is 0.410. The van der Waals surface area contributed by atoms with E-state index in [1.54, 1.807) is 18.2 Å². The van der Waals surface area contributed by atoms with Gasteiger partial charge in [-0.25, -0.2) is 0 Å². The first kappa shape index (κ1) is 14.7. The molecule has 2 aliphatic rings. The van der Waals surface area contributed by atoms with E-state index in [9.17, 15) is 9.59 Å². The number of hydrogen-bond acceptors (Lipinski definition) is 3. The molecule has 112 valence electrons. The van der Waals surface area contributed by atoms with Gasteiger partial charge in [0.2, 0.25) is 0 Å². The van der Waals surface area contributed by atoms with E-state index in [0.717, 1.165) is 16.9 Å². The number of nitrogens with zero attached hydrogens (tertiary/aromatic N) is 1. The summed E-state index contributed by atoms with van der Waals surface area (Å²) in [7, 11) is 0. The van der Waals surface area contributed by atoms with Crippen molar-refractivity contribution in [1.82, 2.24) is 10.2 Å². The second-order valence-electron chi connectivity index (χ2n) is 5.81. The number of carbonyl (C=O) groups excluding carboxylic acids is 2. The number of carbonyl (C=O) groups is 2. The molecule has 1 saturated carbocycles. The van der Waals surface area contributed by atoms with Gasteiger partial charge in [-0.2, -0.15) is 0 Å². The molecule has 3 rings (SSSR count). The van der Waals surface area contributed by atoms with Gasteiger partial charge in [-0.05, 0) is 43.5 Å². The Balaban J connectivity index is 1.55. The first-order valence-corrected chi connectivity index (χ1v) is 8.32. The highest BCUT2D eigenvalue weighted by Gasteiger charge is 2.35. The van der Waals surface area contributed by atoms with Crippen LogP contribution < -0.4 is 5.32 Å². The van der Waals surface area contributed by atoms with Gasteiger partial charge in [0, 0.05) is 17.6 Å². The number of amides is 2. The lowest BCUT2D eigenvalue weighted by molar-refractivity contribution is 0.0655. The van der Waals surface area contributed by atoms with Crippen molar-refractivity contribution < 1.29 is 9.59 Å². The third-order valence-electron chi connectivity index (χ3n) is 4.35. The monoisotopic (exact) mass is 350 g/mol. The Morgan fingerprint density at radius 3 is 2.62 bits per heavy atom. The normalized spacial score (nSPS) is 18.6. The molecule has 1 aromatic carbocycles. The maximum Gasteiger partial charge on any atom is 0.261 e. The Labute approximate surface area is 133 Å². The zero-order chi connectivity index (χ0) is 14.8. The maximum absolute atomic E-state index is 12.3. The highest BCUT2D eigenvalue weighted by atomic mass is 79.9. The van der Waals surface area contributed by atoms with Gasteiger partial charge in [-0.3, -0.25) is 14.5 Å². The average molecular weight is 351 g/mol. The second kappa shape index (κ2) is 6.28. The molecule has 1 N–H and O–H groups in total. The predicted molar refractivity (Wildman–Crippen MR) is 84.3 cm³/mol. The molecule has 0 atom stereocenters. The number of hydrogen-bond donors (Lipinski definition) is 1. The Bertz CT molecular complexity index is 567. The summed E-state index contributed by atoms with van der Waals surface area (Å²) in [5, 5.41) is 3.38. The minimum Gasteiger partial charge on any atom is -0.315 e. The van der Waals surface area contributed by atoms with Crippen LogP contribution in [0.15, 0.2) is 22.7 Å². The van der Waals surface area contributed by atoms with Gasteiger partial charge in [0.25, 0.3) is 11.8 Å². The van der Waals surface area contributed by atoms with Crippen LogP contribution in [0.5, 0.6) is 0 Å². The van der Waals surface area contributed by atoms with Crippen molar-refractivity contribution in [2.75, 3.05) is 19.6 Å². The van der Waals surface area contributed by atoms with Crippen molar-refractivity contribution in [3.05, 3.63) is 33.8 Å². The Morgan fingerprint density at radius 2 is 1.86 bits per heavy atom. The van der Waals surface area contributed by atoms with E-state index < -0.39 is 0 Å². The summed E-state index contributed by atoms with van der Waals surface area (Å²) >= 11 is 3.34. The topological polar surface area (TPSA) is 49.4 Å². The molecule has 1 heterocycles. The Kier molecular flexibility index (Phi) is 4.40. The number of benzene rings is 1. The van der Waals surface area contributed by atoms with Crippen LogP contribution in [0.3, 0.4) is 0 Å². The highest BCUT2D eigenvalue weighted by molar-refractivity contribution is 9.10. The SMILES string of the molecule is O=C1c2ccc(Br)cc2C(=O)N1CCNCC1CCCC1. The zero-order valence-electron chi connectivity index (χ0n) is 11.9. The first-order chi connectivity index (χ1) is 10.2. The maximum atomic E-state index is 12.3. The van der Waals surface area contributed by atoms with Crippen molar-refractivity contribution in [2.24, 2.45) is 5.92 Å². The largest absolute Gasteiger partial charge is 0.315 e. The second-order valence-corrected chi connectivity index (χ2v) is 6.72. The van der Waals surface area contributed by atoms with Crippen LogP contribution in [-0.4, -0.2) is 36.3 Å². The van der Waals surface area contributed by atoms with Crippen LogP contribution in [0.2, 0.25) is 0 Å². The molecule has 0 spiro atoms. The predicted octanol–water partition coefficient (Wildman–Crippen LogP) is 2.82. The smallest absolute Gasteiger partial charge is 0.261 e. The van der Waals surface area contributed by atoms with E-state index in [-0.39, 0.29) is 11.8 Å². The van der Waals surface area contributed by atoms with Crippen LogP contribution in [0.4, 0.5) is 0 Å². The van der Waals surface area contributed by atoms with E-state index in [4.69, 9.17) is 0 Å². The fourth-order valence-electron chi connectivity index (χ4n) is 3.18. The minimum atomic E-state index is -0.182. The van der Waals surface area contributed by atoms with Crippen molar-refractivity contribution in [3.63, 3.8) is 0 Å². The summed E-state index contributed by atoms with van der Waals surface area (Å²) in [6, 6.07) is 5.24. The standard InChI is InChI=1S/C16H19BrN2O2/c17-12-5-6-13-14(9-12)16(21)19(15(13)20)8-7-18-10-11-3-1-2-4-11/h5-6,9,11,18H,1-4,7-8,10H2. The van der Waals surface area contributed by atoms with Gasteiger partial charge in [-0.1, -0.05) is 28.8 Å². The summed E-state index contributed by atoms with van der Waals surface area (Å²) in [5.41, 5.74) is 1.02. The molecule has 0 radical (unpaired) electrons. The number of rotatable bonds is 5. The lowest BCUT2D eigenvalue weighted by Gasteiger charge is -2.15. The molecule has 0 saturated heterocycles. The third-order valence-corrected chi connectivity index (χ3v) is 4.85. The number of imide groups is 1. The van der Waals surface area contributed by atoms with Crippen LogP contribution in [0, 0.1) is 5.92 Å². The fourth-order valence-corrected chi connectivity index (χ4v) is 3.54. The lowest BCUT2D eigenvalue weighted by Crippen LogP contribution is -2.37. The van der Waals surface area contributed by atoms with E-state index in [1.807, 2.05) is 0 Å². The molecular weight excluding hydrogens is 332 g/mol. The van der Waals surface area contributed by atoms with Crippen LogP contribution in [0.25, 0.3) is 0 Å². The van der Waals surface area contributed by atoms with Crippen LogP contribution >= 0.6 is 15.9 Å². The minimum absolute atomic E-state index is 0.176. The van der Waals surface area contributed by atoms with E-state index >= 15 is 0 Å². The van der Waals surface area contributed by atoms with Gasteiger partial charge in [0.15, 0.2) is 0 Å². The van der Waals surface area contributed by atoms with Crippen molar-refractivity contribution in [2.45, 2.75) is 25.7 Å². The molecule has 21 heavy (non-hydrogen) atoms. The average Bonchev–Trinajstić information content (AvgIpc) is 3.06. The van der Waals surface area contributed by atoms with Gasteiger partial charge < -0.3 is 5.32 Å². The summed E-state index contributed by atoms with van der Waals surface area (Å²) in [6.07, 6.45) is 5.27. The van der Waals surface area contributed by atoms with Gasteiger partial charge >= 0.3 is 0 Å². The Hall–Kier alpha value is -1.20. The fraction of sp³-hybridized carbons (Fsp3) is 0.500. The summed E-state index contributed by atoms with van der Waals surface area (Å²) in [6.45, 7) is 2.11.